The van der Waals surface area contributed by atoms with Crippen LogP contribution in [0.5, 0.6) is 0 Å². The molecule has 1 amide bonds. The minimum atomic E-state index is -4.03. The second-order valence-corrected chi connectivity index (χ2v) is 13.4. The first-order valence-electron chi connectivity index (χ1n) is 12.9. The van der Waals surface area contributed by atoms with E-state index in [1.165, 1.54) is 4.31 Å². The molecule has 0 unspecified atom stereocenters. The summed E-state index contributed by atoms with van der Waals surface area (Å²) in [6, 6.07) is 13.5. The van der Waals surface area contributed by atoms with Gasteiger partial charge in [-0.1, -0.05) is 19.9 Å². The number of anilines is 1. The number of carbonyl (C=O) groups excluding carboxylic acids is 2. The zero-order chi connectivity index (χ0) is 28.3. The van der Waals surface area contributed by atoms with E-state index in [-0.39, 0.29) is 18.9 Å². The standard InChI is InChI=1S/C29H32N4O5S/c1-28(2,3)38-27(35)31-39(36,37)33-12-10-32(11-13-33)20-7-9-22-23(16-20)29(4,5)24-15-19-14-18(17-30)6-8-21(19)25(24)26(22)34/h6-9,14,16H,10-13,15H2,1-5H3,(H,31,35). The number of amides is 1. The zero-order valence-electron chi connectivity index (χ0n) is 22.8. The maximum atomic E-state index is 13.7. The molecule has 2 aromatic carbocycles. The monoisotopic (exact) mass is 548 g/mol. The van der Waals surface area contributed by atoms with Gasteiger partial charge in [-0.15, -0.1) is 0 Å². The number of hydrogen-bond acceptors (Lipinski definition) is 7. The smallest absolute Gasteiger partial charge is 0.422 e. The van der Waals surface area contributed by atoms with E-state index in [4.69, 9.17) is 4.74 Å². The third kappa shape index (κ3) is 4.81. The molecule has 0 atom stereocenters. The summed E-state index contributed by atoms with van der Waals surface area (Å²) in [5.74, 6) is -0.00142. The zero-order valence-corrected chi connectivity index (χ0v) is 23.6. The van der Waals surface area contributed by atoms with E-state index in [2.05, 4.69) is 24.8 Å². The maximum Gasteiger partial charge on any atom is 0.422 e. The summed E-state index contributed by atoms with van der Waals surface area (Å²) < 4.78 is 33.7. The van der Waals surface area contributed by atoms with Gasteiger partial charge in [0.1, 0.15) is 5.60 Å². The van der Waals surface area contributed by atoms with Crippen molar-refractivity contribution in [3.63, 3.8) is 0 Å². The fourth-order valence-corrected chi connectivity index (χ4v) is 6.71. The van der Waals surface area contributed by atoms with Gasteiger partial charge in [-0.25, -0.2) is 9.52 Å². The molecule has 2 aliphatic carbocycles. The Morgan fingerprint density at radius 2 is 1.72 bits per heavy atom. The molecule has 1 N–H and O–H groups in total. The van der Waals surface area contributed by atoms with Gasteiger partial charge < -0.3 is 9.64 Å². The Morgan fingerprint density at radius 3 is 2.36 bits per heavy atom. The highest BCUT2D eigenvalue weighted by atomic mass is 32.2. The maximum absolute atomic E-state index is 13.7. The number of nitrogens with one attached hydrogen (secondary N) is 1. The van der Waals surface area contributed by atoms with Gasteiger partial charge in [0.05, 0.1) is 11.6 Å². The van der Waals surface area contributed by atoms with Crippen LogP contribution in [0.2, 0.25) is 0 Å². The Morgan fingerprint density at radius 1 is 1.05 bits per heavy atom. The van der Waals surface area contributed by atoms with E-state index < -0.39 is 27.3 Å². The number of nitriles is 1. The Kier molecular flexibility index (Phi) is 6.35. The number of nitrogens with zero attached hydrogens (tertiary/aromatic N) is 3. The van der Waals surface area contributed by atoms with Gasteiger partial charge in [0.25, 0.3) is 0 Å². The van der Waals surface area contributed by atoms with E-state index in [0.717, 1.165) is 33.5 Å². The van der Waals surface area contributed by atoms with Crippen LogP contribution in [-0.4, -0.2) is 56.4 Å². The topological polar surface area (TPSA) is 120 Å². The van der Waals surface area contributed by atoms with Crippen molar-refractivity contribution in [3.8, 4) is 6.07 Å². The van der Waals surface area contributed by atoms with Crippen molar-refractivity contribution in [2.45, 2.75) is 52.1 Å². The highest BCUT2D eigenvalue weighted by Crippen LogP contribution is 2.50. The van der Waals surface area contributed by atoms with Crippen LogP contribution in [0.4, 0.5) is 10.5 Å². The molecule has 0 spiro atoms. The van der Waals surface area contributed by atoms with Crippen molar-refractivity contribution in [3.05, 3.63) is 69.8 Å². The summed E-state index contributed by atoms with van der Waals surface area (Å²) in [6.45, 7) is 10.5. The van der Waals surface area contributed by atoms with Crippen LogP contribution in [0.25, 0.3) is 5.57 Å². The van der Waals surface area contributed by atoms with E-state index in [1.807, 2.05) is 35.1 Å². The molecule has 0 radical (unpaired) electrons. The van der Waals surface area contributed by atoms with Crippen molar-refractivity contribution in [1.29, 1.82) is 5.26 Å². The number of carbonyl (C=O) groups is 2. The molecule has 0 aromatic heterocycles. The van der Waals surface area contributed by atoms with E-state index in [9.17, 15) is 23.3 Å². The number of ketones is 1. The molecule has 39 heavy (non-hydrogen) atoms. The molecular weight excluding hydrogens is 516 g/mol. The van der Waals surface area contributed by atoms with Crippen LogP contribution in [0.3, 0.4) is 0 Å². The molecule has 2 aromatic rings. The van der Waals surface area contributed by atoms with Crippen LogP contribution in [0.1, 0.15) is 67.2 Å². The summed E-state index contributed by atoms with van der Waals surface area (Å²) in [6.07, 6.45) is -0.373. The molecule has 3 aliphatic rings. The summed E-state index contributed by atoms with van der Waals surface area (Å²) >= 11 is 0. The first-order valence-corrected chi connectivity index (χ1v) is 14.4. The molecule has 0 saturated carbocycles. The molecular formula is C29H32N4O5S. The van der Waals surface area contributed by atoms with Gasteiger partial charge in [-0.2, -0.15) is 18.0 Å². The van der Waals surface area contributed by atoms with Crippen molar-refractivity contribution < 1.29 is 22.7 Å². The molecule has 1 heterocycles. The van der Waals surface area contributed by atoms with E-state index in [0.29, 0.717) is 30.6 Å². The molecule has 10 heteroatoms. The summed E-state index contributed by atoms with van der Waals surface area (Å²) in [5.41, 5.74) is 5.63. The summed E-state index contributed by atoms with van der Waals surface area (Å²) in [7, 11) is -4.03. The van der Waals surface area contributed by atoms with Gasteiger partial charge in [0.2, 0.25) is 0 Å². The average Bonchev–Trinajstić information content (AvgIpc) is 3.26. The highest BCUT2D eigenvalue weighted by Gasteiger charge is 2.43. The molecule has 204 valence electrons. The number of piperazine rings is 1. The third-order valence-electron chi connectivity index (χ3n) is 7.63. The molecule has 5 rings (SSSR count). The van der Waals surface area contributed by atoms with Crippen LogP contribution in [-0.2, 0) is 26.8 Å². The Bertz CT molecular complexity index is 1570. The number of rotatable bonds is 3. The number of hydrogen-bond donors (Lipinski definition) is 1. The van der Waals surface area contributed by atoms with E-state index >= 15 is 0 Å². The van der Waals surface area contributed by atoms with Crippen LogP contribution < -0.4 is 9.62 Å². The van der Waals surface area contributed by atoms with Gasteiger partial charge in [0, 0.05) is 48.4 Å². The third-order valence-corrected chi connectivity index (χ3v) is 9.10. The van der Waals surface area contributed by atoms with Crippen LogP contribution in [0.15, 0.2) is 42.0 Å². The second kappa shape index (κ2) is 9.21. The summed E-state index contributed by atoms with van der Waals surface area (Å²) in [5, 5.41) is 9.32. The highest BCUT2D eigenvalue weighted by molar-refractivity contribution is 7.87. The normalized spacial score (nSPS) is 18.7. The minimum absolute atomic E-state index is 0.00142. The lowest BCUT2D eigenvalue weighted by Gasteiger charge is -2.38. The number of benzene rings is 2. The summed E-state index contributed by atoms with van der Waals surface area (Å²) in [4.78, 5) is 27.8. The predicted molar refractivity (Wildman–Crippen MR) is 148 cm³/mol. The molecule has 0 bridgehead atoms. The Labute approximate surface area is 229 Å². The first kappa shape index (κ1) is 26.9. The Hall–Kier alpha value is -3.68. The van der Waals surface area contributed by atoms with Gasteiger partial charge in [-0.05, 0) is 79.8 Å². The van der Waals surface area contributed by atoms with Crippen molar-refractivity contribution in [1.82, 2.24) is 9.03 Å². The van der Waals surface area contributed by atoms with E-state index in [1.54, 1.807) is 26.8 Å². The minimum Gasteiger partial charge on any atom is -0.443 e. The van der Waals surface area contributed by atoms with Crippen molar-refractivity contribution in [2.24, 2.45) is 0 Å². The predicted octanol–water partition coefficient (Wildman–Crippen LogP) is 3.93. The first-order chi connectivity index (χ1) is 18.2. The van der Waals surface area contributed by atoms with Gasteiger partial charge >= 0.3 is 16.3 Å². The number of fused-ring (bicyclic) bond motifs is 3. The van der Waals surface area contributed by atoms with Gasteiger partial charge in [0.15, 0.2) is 5.78 Å². The number of Topliss-reactive ketones (excluding diaryl/α,β-unsaturated/α-hetero) is 1. The van der Waals surface area contributed by atoms with Crippen molar-refractivity contribution in [2.75, 3.05) is 31.1 Å². The molecule has 1 saturated heterocycles. The lowest BCUT2D eigenvalue weighted by atomic mass is 9.68. The van der Waals surface area contributed by atoms with Crippen LogP contribution in [0, 0.1) is 11.3 Å². The Balaban J connectivity index is 1.34. The lowest BCUT2D eigenvalue weighted by Crippen LogP contribution is -2.53. The van der Waals surface area contributed by atoms with Crippen molar-refractivity contribution >= 4 is 33.3 Å². The van der Waals surface area contributed by atoms with Gasteiger partial charge in [-0.3, -0.25) is 4.79 Å². The lowest BCUT2D eigenvalue weighted by molar-refractivity contribution is 0.0566. The molecule has 1 aliphatic heterocycles. The van der Waals surface area contributed by atoms with Crippen LogP contribution >= 0.6 is 0 Å². The quantitative estimate of drug-likeness (QED) is 0.617. The second-order valence-electron chi connectivity index (χ2n) is 11.7. The fourth-order valence-electron chi connectivity index (χ4n) is 5.68. The fraction of sp³-hybridized carbons (Fsp3) is 0.414. The largest absolute Gasteiger partial charge is 0.443 e. The number of allylic oxidation sites excluding steroid dienone is 2. The number of ether oxygens (including phenoxy) is 1. The SMILES string of the molecule is CC(C)(C)OC(=O)NS(=O)(=O)N1CCN(c2ccc3c(c2)C(C)(C)C2=C(C3=O)c3ccc(C#N)cc3C2)CC1. The molecule has 9 nitrogen and oxygen atoms in total. The molecule has 1 fully saturated rings. The average molecular weight is 549 g/mol.